The van der Waals surface area contributed by atoms with E-state index in [0.717, 1.165) is 12.8 Å². The highest BCUT2D eigenvalue weighted by atomic mass is 32.2. The lowest BCUT2D eigenvalue weighted by Crippen LogP contribution is -2.38. The Bertz CT molecular complexity index is 835. The molecule has 2 N–H and O–H groups in total. The van der Waals surface area contributed by atoms with Crippen molar-refractivity contribution in [2.24, 2.45) is 0 Å². The van der Waals surface area contributed by atoms with E-state index in [1.54, 1.807) is 16.7 Å². The Balaban J connectivity index is 2.05. The van der Waals surface area contributed by atoms with Gasteiger partial charge in [-0.3, -0.25) is 19.0 Å². The highest BCUT2D eigenvalue weighted by Crippen LogP contribution is 2.17. The summed E-state index contributed by atoms with van der Waals surface area (Å²) in [6, 6.07) is 7.18. The first-order valence-electron chi connectivity index (χ1n) is 8.72. The van der Waals surface area contributed by atoms with Crippen molar-refractivity contribution >= 4 is 34.5 Å². The summed E-state index contributed by atoms with van der Waals surface area (Å²) in [6.07, 6.45) is 1.63. The van der Waals surface area contributed by atoms with Gasteiger partial charge in [0.2, 0.25) is 11.8 Å². The topological polar surface area (TPSA) is 93.1 Å². The van der Waals surface area contributed by atoms with Crippen LogP contribution in [0.3, 0.4) is 0 Å². The van der Waals surface area contributed by atoms with Crippen LogP contribution in [0.15, 0.2) is 34.2 Å². The van der Waals surface area contributed by atoms with Crippen molar-refractivity contribution in [3.8, 4) is 0 Å². The van der Waals surface area contributed by atoms with Gasteiger partial charge in [0.25, 0.3) is 5.56 Å². The average Bonchev–Trinajstić information content (AvgIpc) is 2.65. The minimum atomic E-state index is -0.271. The van der Waals surface area contributed by atoms with Gasteiger partial charge in [-0.25, -0.2) is 4.98 Å². The summed E-state index contributed by atoms with van der Waals surface area (Å²) in [7, 11) is 0. The molecule has 0 spiro atoms. The first-order chi connectivity index (χ1) is 12.6. The molecule has 0 aliphatic rings. The molecule has 140 valence electrons. The predicted octanol–water partition coefficient (Wildman–Crippen LogP) is 1.54. The number of fused-ring (bicyclic) bond motifs is 1. The highest BCUT2D eigenvalue weighted by molar-refractivity contribution is 7.99. The summed E-state index contributed by atoms with van der Waals surface area (Å²) in [4.78, 5) is 40.7. The Labute approximate surface area is 156 Å². The SMILES string of the molecule is CCCNC(=O)CNC(=O)CSc1nc2ccccc2c(=O)n1CCC. The fourth-order valence-corrected chi connectivity index (χ4v) is 3.22. The Morgan fingerprint density at radius 1 is 1.12 bits per heavy atom. The summed E-state index contributed by atoms with van der Waals surface area (Å²) in [6.45, 7) is 5.03. The minimum absolute atomic E-state index is 0.0493. The molecule has 1 aromatic carbocycles. The zero-order valence-electron chi connectivity index (χ0n) is 15.1. The maximum atomic E-state index is 12.7. The van der Waals surface area contributed by atoms with Crippen LogP contribution in [-0.2, 0) is 16.1 Å². The molecule has 0 aliphatic carbocycles. The smallest absolute Gasteiger partial charge is 0.262 e. The molecule has 2 amide bonds. The van der Waals surface area contributed by atoms with Gasteiger partial charge in [-0.2, -0.15) is 0 Å². The summed E-state index contributed by atoms with van der Waals surface area (Å²) < 4.78 is 1.61. The number of carbonyl (C=O) groups is 2. The van der Waals surface area contributed by atoms with Crippen LogP contribution in [0.1, 0.15) is 26.7 Å². The summed E-state index contributed by atoms with van der Waals surface area (Å²) in [5.74, 6) is -0.390. The lowest BCUT2D eigenvalue weighted by atomic mass is 10.2. The van der Waals surface area contributed by atoms with Crippen LogP contribution < -0.4 is 16.2 Å². The van der Waals surface area contributed by atoms with Crippen molar-refractivity contribution in [1.82, 2.24) is 20.2 Å². The number of aromatic nitrogens is 2. The molecule has 0 unspecified atom stereocenters. The van der Waals surface area contributed by atoms with E-state index in [0.29, 0.717) is 29.1 Å². The van der Waals surface area contributed by atoms with Crippen LogP contribution in [-0.4, -0.2) is 40.2 Å². The second kappa shape index (κ2) is 9.96. The number of para-hydroxylation sites is 1. The van der Waals surface area contributed by atoms with E-state index in [2.05, 4.69) is 15.6 Å². The van der Waals surface area contributed by atoms with Crippen molar-refractivity contribution in [3.05, 3.63) is 34.6 Å². The molecule has 0 radical (unpaired) electrons. The van der Waals surface area contributed by atoms with Crippen molar-refractivity contribution < 1.29 is 9.59 Å². The number of hydrogen-bond donors (Lipinski definition) is 2. The number of amides is 2. The van der Waals surface area contributed by atoms with Crippen molar-refractivity contribution in [2.45, 2.75) is 38.4 Å². The summed E-state index contributed by atoms with van der Waals surface area (Å²) in [5.41, 5.74) is 0.519. The van der Waals surface area contributed by atoms with Crippen LogP contribution >= 0.6 is 11.8 Å². The zero-order valence-corrected chi connectivity index (χ0v) is 15.9. The summed E-state index contributed by atoms with van der Waals surface area (Å²) >= 11 is 1.20. The third kappa shape index (κ3) is 5.32. The second-order valence-electron chi connectivity index (χ2n) is 5.78. The van der Waals surface area contributed by atoms with Gasteiger partial charge in [-0.05, 0) is 25.0 Å². The molecule has 0 bridgehead atoms. The molecule has 1 aromatic heterocycles. The Morgan fingerprint density at radius 3 is 2.62 bits per heavy atom. The third-order valence-electron chi connectivity index (χ3n) is 3.62. The molecule has 0 aliphatic heterocycles. The van der Waals surface area contributed by atoms with E-state index < -0.39 is 0 Å². The van der Waals surface area contributed by atoms with Gasteiger partial charge in [-0.15, -0.1) is 0 Å². The molecule has 7 nitrogen and oxygen atoms in total. The van der Waals surface area contributed by atoms with Gasteiger partial charge in [0.1, 0.15) is 0 Å². The fourth-order valence-electron chi connectivity index (χ4n) is 2.37. The number of carbonyl (C=O) groups excluding carboxylic acids is 2. The molecule has 0 fully saturated rings. The maximum Gasteiger partial charge on any atom is 0.262 e. The van der Waals surface area contributed by atoms with E-state index >= 15 is 0 Å². The second-order valence-corrected chi connectivity index (χ2v) is 6.73. The first kappa shape index (κ1) is 20.0. The minimum Gasteiger partial charge on any atom is -0.355 e. The van der Waals surface area contributed by atoms with E-state index in [1.807, 2.05) is 26.0 Å². The van der Waals surface area contributed by atoms with Gasteiger partial charge >= 0.3 is 0 Å². The first-order valence-corrected chi connectivity index (χ1v) is 9.71. The number of nitrogens with zero attached hydrogens (tertiary/aromatic N) is 2. The molecule has 8 heteroatoms. The monoisotopic (exact) mass is 376 g/mol. The number of thioether (sulfide) groups is 1. The third-order valence-corrected chi connectivity index (χ3v) is 4.60. The fraction of sp³-hybridized carbons (Fsp3) is 0.444. The van der Waals surface area contributed by atoms with Crippen LogP contribution in [0, 0.1) is 0 Å². The van der Waals surface area contributed by atoms with E-state index in [9.17, 15) is 14.4 Å². The number of benzene rings is 1. The Kier molecular flexibility index (Phi) is 7.65. The van der Waals surface area contributed by atoms with Gasteiger partial charge in [0.05, 0.1) is 23.2 Å². The highest BCUT2D eigenvalue weighted by Gasteiger charge is 2.13. The number of hydrogen-bond acceptors (Lipinski definition) is 5. The molecule has 26 heavy (non-hydrogen) atoms. The maximum absolute atomic E-state index is 12.7. The van der Waals surface area contributed by atoms with Gasteiger partial charge in [0, 0.05) is 13.1 Å². The van der Waals surface area contributed by atoms with Crippen LogP contribution in [0.5, 0.6) is 0 Å². The van der Waals surface area contributed by atoms with E-state index in [-0.39, 0.29) is 29.7 Å². The van der Waals surface area contributed by atoms with Gasteiger partial charge in [0.15, 0.2) is 5.16 Å². The quantitative estimate of drug-likeness (QED) is 0.512. The number of rotatable bonds is 9. The molecule has 0 atom stereocenters. The largest absolute Gasteiger partial charge is 0.355 e. The molecule has 1 heterocycles. The lowest BCUT2D eigenvalue weighted by Gasteiger charge is -2.12. The van der Waals surface area contributed by atoms with Gasteiger partial charge in [-0.1, -0.05) is 37.7 Å². The normalized spacial score (nSPS) is 10.7. The van der Waals surface area contributed by atoms with E-state index in [1.165, 1.54) is 11.8 Å². The van der Waals surface area contributed by atoms with Crippen LogP contribution in [0.2, 0.25) is 0 Å². The zero-order chi connectivity index (χ0) is 18.9. The van der Waals surface area contributed by atoms with Crippen molar-refractivity contribution in [1.29, 1.82) is 0 Å². The standard InChI is InChI=1S/C18H24N4O3S/c1-3-9-19-15(23)11-20-16(24)12-26-18-21-14-8-6-5-7-13(14)17(25)22(18)10-4-2/h5-8H,3-4,9-12H2,1-2H3,(H,19,23)(H,20,24). The summed E-state index contributed by atoms with van der Waals surface area (Å²) in [5, 5.41) is 6.36. The van der Waals surface area contributed by atoms with Crippen molar-refractivity contribution in [3.63, 3.8) is 0 Å². The molecular weight excluding hydrogens is 352 g/mol. The van der Waals surface area contributed by atoms with Crippen molar-refractivity contribution in [2.75, 3.05) is 18.8 Å². The van der Waals surface area contributed by atoms with Gasteiger partial charge < -0.3 is 10.6 Å². The lowest BCUT2D eigenvalue weighted by molar-refractivity contribution is -0.124. The molecule has 0 saturated heterocycles. The van der Waals surface area contributed by atoms with E-state index in [4.69, 9.17) is 0 Å². The molecule has 2 rings (SSSR count). The van der Waals surface area contributed by atoms with Crippen LogP contribution in [0.4, 0.5) is 0 Å². The number of nitrogens with one attached hydrogen (secondary N) is 2. The van der Waals surface area contributed by atoms with Crippen LogP contribution in [0.25, 0.3) is 10.9 Å². The average molecular weight is 376 g/mol. The molecular formula is C18H24N4O3S. The molecule has 2 aromatic rings. The Morgan fingerprint density at radius 2 is 1.88 bits per heavy atom. The Hall–Kier alpha value is -2.35. The molecule has 0 saturated carbocycles. The predicted molar refractivity (Wildman–Crippen MR) is 103 cm³/mol.